The first-order valence-corrected chi connectivity index (χ1v) is 5.87. The Bertz CT molecular complexity index is 227. The second-order valence-electron chi connectivity index (χ2n) is 4.54. The van der Waals surface area contributed by atoms with Gasteiger partial charge in [-0.1, -0.05) is 0 Å². The van der Waals surface area contributed by atoms with Crippen molar-refractivity contribution in [3.63, 3.8) is 0 Å². The number of piperazine rings is 1. The third-order valence-corrected chi connectivity index (χ3v) is 3.25. The molecule has 1 amide bonds. The predicted molar refractivity (Wildman–Crippen MR) is 57.6 cm³/mol. The minimum Gasteiger partial charge on any atom is -0.381 e. The zero-order valence-corrected chi connectivity index (χ0v) is 9.37. The highest BCUT2D eigenvalue weighted by Gasteiger charge is 2.27. The summed E-state index contributed by atoms with van der Waals surface area (Å²) in [6.45, 7) is 6.30. The van der Waals surface area contributed by atoms with E-state index in [2.05, 4.69) is 5.32 Å². The first kappa shape index (κ1) is 10.9. The Kier molecular flexibility index (Phi) is 3.59. The molecule has 0 saturated carbocycles. The van der Waals surface area contributed by atoms with Gasteiger partial charge in [0.05, 0.1) is 12.6 Å². The molecule has 2 rings (SSSR count). The molecule has 15 heavy (non-hydrogen) atoms. The van der Waals surface area contributed by atoms with Crippen molar-refractivity contribution in [2.45, 2.75) is 25.8 Å². The highest BCUT2D eigenvalue weighted by atomic mass is 16.5. The Morgan fingerprint density at radius 2 is 2.47 bits per heavy atom. The van der Waals surface area contributed by atoms with Gasteiger partial charge in [-0.15, -0.1) is 0 Å². The number of carbonyl (C=O) groups is 1. The van der Waals surface area contributed by atoms with Crippen molar-refractivity contribution >= 4 is 5.91 Å². The topological polar surface area (TPSA) is 41.6 Å². The van der Waals surface area contributed by atoms with Gasteiger partial charge >= 0.3 is 0 Å². The van der Waals surface area contributed by atoms with Crippen LogP contribution < -0.4 is 5.32 Å². The molecule has 0 aromatic heterocycles. The summed E-state index contributed by atoms with van der Waals surface area (Å²) >= 11 is 0. The van der Waals surface area contributed by atoms with Gasteiger partial charge in [-0.05, 0) is 25.7 Å². The molecule has 0 aliphatic carbocycles. The maximum atomic E-state index is 11.8. The van der Waals surface area contributed by atoms with E-state index in [0.29, 0.717) is 5.92 Å². The molecule has 1 N–H and O–H groups in total. The molecule has 4 heteroatoms. The summed E-state index contributed by atoms with van der Waals surface area (Å²) in [5, 5.41) is 3.18. The van der Waals surface area contributed by atoms with E-state index in [-0.39, 0.29) is 11.9 Å². The molecule has 2 unspecified atom stereocenters. The van der Waals surface area contributed by atoms with E-state index in [1.165, 1.54) is 6.42 Å². The summed E-state index contributed by atoms with van der Waals surface area (Å²) in [5.74, 6) is 0.792. The lowest BCUT2D eigenvalue weighted by Crippen LogP contribution is -2.55. The Labute approximate surface area is 91.0 Å². The van der Waals surface area contributed by atoms with Gasteiger partial charge in [0.25, 0.3) is 0 Å². The molecule has 2 heterocycles. The van der Waals surface area contributed by atoms with Crippen LogP contribution in [-0.4, -0.2) is 49.7 Å². The van der Waals surface area contributed by atoms with Crippen molar-refractivity contribution in [2.75, 3.05) is 32.8 Å². The van der Waals surface area contributed by atoms with E-state index < -0.39 is 0 Å². The number of ether oxygens (including phenoxy) is 1. The highest BCUT2D eigenvalue weighted by Crippen LogP contribution is 2.16. The van der Waals surface area contributed by atoms with Crippen molar-refractivity contribution in [1.29, 1.82) is 0 Å². The van der Waals surface area contributed by atoms with Gasteiger partial charge in [0.2, 0.25) is 5.91 Å². The van der Waals surface area contributed by atoms with Gasteiger partial charge in [0.15, 0.2) is 0 Å². The van der Waals surface area contributed by atoms with E-state index >= 15 is 0 Å². The summed E-state index contributed by atoms with van der Waals surface area (Å²) in [6, 6.07) is -0.0109. The lowest BCUT2D eigenvalue weighted by molar-refractivity contribution is -0.136. The van der Waals surface area contributed by atoms with Crippen molar-refractivity contribution < 1.29 is 9.53 Å². The number of nitrogens with zero attached hydrogens (tertiary/aromatic N) is 1. The number of nitrogens with one attached hydrogen (secondary N) is 1. The molecule has 2 atom stereocenters. The molecular weight excluding hydrogens is 192 g/mol. The molecule has 2 fully saturated rings. The van der Waals surface area contributed by atoms with Crippen molar-refractivity contribution in [1.82, 2.24) is 10.2 Å². The van der Waals surface area contributed by atoms with Crippen molar-refractivity contribution in [3.05, 3.63) is 0 Å². The fourth-order valence-electron chi connectivity index (χ4n) is 2.33. The van der Waals surface area contributed by atoms with Gasteiger partial charge in [-0.25, -0.2) is 0 Å². The standard InChI is InChI=1S/C11H20N2O2/c1-9-11(14)13(5-4-12-9)7-10-3-2-6-15-8-10/h9-10,12H,2-8H2,1H3. The van der Waals surface area contributed by atoms with E-state index in [0.717, 1.165) is 39.3 Å². The normalized spacial score (nSPS) is 33.1. The maximum Gasteiger partial charge on any atom is 0.239 e. The minimum atomic E-state index is -0.0109. The molecular formula is C11H20N2O2. The first-order chi connectivity index (χ1) is 7.27. The van der Waals surface area contributed by atoms with Crippen LogP contribution in [0, 0.1) is 5.92 Å². The van der Waals surface area contributed by atoms with Crippen molar-refractivity contribution in [2.24, 2.45) is 5.92 Å². The molecule has 86 valence electrons. The minimum absolute atomic E-state index is 0.0109. The van der Waals surface area contributed by atoms with Crippen LogP contribution in [0.3, 0.4) is 0 Å². The van der Waals surface area contributed by atoms with Crippen LogP contribution in [0.4, 0.5) is 0 Å². The SMILES string of the molecule is CC1NCCN(CC2CCCOC2)C1=O. The maximum absolute atomic E-state index is 11.8. The number of carbonyl (C=O) groups excluding carboxylic acids is 1. The van der Waals surface area contributed by atoms with Crippen LogP contribution in [0.25, 0.3) is 0 Å². The zero-order valence-electron chi connectivity index (χ0n) is 9.37. The average molecular weight is 212 g/mol. The van der Waals surface area contributed by atoms with E-state index in [9.17, 15) is 4.79 Å². The largest absolute Gasteiger partial charge is 0.381 e. The predicted octanol–water partition coefficient (Wildman–Crippen LogP) is 0.233. The molecule has 2 aliphatic heterocycles. The van der Waals surface area contributed by atoms with E-state index in [1.807, 2.05) is 11.8 Å². The molecule has 0 bridgehead atoms. The van der Waals surface area contributed by atoms with Gasteiger partial charge in [-0.2, -0.15) is 0 Å². The fourth-order valence-corrected chi connectivity index (χ4v) is 2.33. The molecule has 4 nitrogen and oxygen atoms in total. The summed E-state index contributed by atoms with van der Waals surface area (Å²) in [5.41, 5.74) is 0. The van der Waals surface area contributed by atoms with Crippen LogP contribution in [0.1, 0.15) is 19.8 Å². The van der Waals surface area contributed by atoms with Gasteiger partial charge in [-0.3, -0.25) is 4.79 Å². The summed E-state index contributed by atoms with van der Waals surface area (Å²) in [7, 11) is 0. The number of rotatable bonds is 2. The fraction of sp³-hybridized carbons (Fsp3) is 0.909. The van der Waals surface area contributed by atoms with Crippen LogP contribution in [0.5, 0.6) is 0 Å². The molecule has 0 aromatic rings. The molecule has 0 aromatic carbocycles. The quantitative estimate of drug-likeness (QED) is 0.712. The molecule has 0 spiro atoms. The van der Waals surface area contributed by atoms with E-state index in [1.54, 1.807) is 0 Å². The Balaban J connectivity index is 1.84. The van der Waals surface area contributed by atoms with Gasteiger partial charge in [0, 0.05) is 26.2 Å². The third-order valence-electron chi connectivity index (χ3n) is 3.25. The Morgan fingerprint density at radius 1 is 1.60 bits per heavy atom. The van der Waals surface area contributed by atoms with Crippen LogP contribution in [0.2, 0.25) is 0 Å². The molecule has 2 saturated heterocycles. The summed E-state index contributed by atoms with van der Waals surface area (Å²) in [4.78, 5) is 13.8. The van der Waals surface area contributed by atoms with Crippen LogP contribution >= 0.6 is 0 Å². The Hall–Kier alpha value is -0.610. The second-order valence-corrected chi connectivity index (χ2v) is 4.54. The van der Waals surface area contributed by atoms with Crippen molar-refractivity contribution in [3.8, 4) is 0 Å². The summed E-state index contributed by atoms with van der Waals surface area (Å²) < 4.78 is 5.43. The smallest absolute Gasteiger partial charge is 0.239 e. The van der Waals surface area contributed by atoms with E-state index in [4.69, 9.17) is 4.74 Å². The highest BCUT2D eigenvalue weighted by molar-refractivity contribution is 5.82. The molecule has 2 aliphatic rings. The number of hydrogen-bond donors (Lipinski definition) is 1. The van der Waals surface area contributed by atoms with Gasteiger partial charge < -0.3 is 15.0 Å². The summed E-state index contributed by atoms with van der Waals surface area (Å²) in [6.07, 6.45) is 2.34. The third kappa shape index (κ3) is 2.69. The Morgan fingerprint density at radius 3 is 3.20 bits per heavy atom. The molecule has 0 radical (unpaired) electrons. The average Bonchev–Trinajstić information content (AvgIpc) is 2.26. The second kappa shape index (κ2) is 4.94. The lowest BCUT2D eigenvalue weighted by Gasteiger charge is -2.35. The van der Waals surface area contributed by atoms with Crippen LogP contribution in [-0.2, 0) is 9.53 Å². The number of hydrogen-bond acceptors (Lipinski definition) is 3. The first-order valence-electron chi connectivity index (χ1n) is 5.87. The lowest BCUT2D eigenvalue weighted by atomic mass is 10.0. The van der Waals surface area contributed by atoms with Gasteiger partial charge in [0.1, 0.15) is 0 Å². The van der Waals surface area contributed by atoms with Crippen LogP contribution in [0.15, 0.2) is 0 Å². The monoisotopic (exact) mass is 212 g/mol. The zero-order chi connectivity index (χ0) is 10.7. The number of amides is 1.